The van der Waals surface area contributed by atoms with Gasteiger partial charge >= 0.3 is 6.03 Å². The minimum absolute atomic E-state index is 0.171. The standard InChI is InChI=1S/C18H13FN2O4/c19-13-6-4-11(5-7-13)10-25-14-3-1-2-12(8-14)9-15-16(22)20-18(24)21-17(15)23/h1-9H,10H2,(H2,20,21,22,23,24). The van der Waals surface area contributed by atoms with E-state index in [1.807, 2.05) is 10.6 Å². The fourth-order valence-corrected chi connectivity index (χ4v) is 2.21. The maximum absolute atomic E-state index is 12.9. The Kier molecular flexibility index (Phi) is 4.56. The fraction of sp³-hybridized carbons (Fsp3) is 0.0556. The lowest BCUT2D eigenvalue weighted by atomic mass is 10.1. The number of ether oxygens (including phenoxy) is 1. The molecule has 0 unspecified atom stereocenters. The van der Waals surface area contributed by atoms with Gasteiger partial charge in [-0.1, -0.05) is 24.3 Å². The van der Waals surface area contributed by atoms with Gasteiger partial charge in [0, 0.05) is 0 Å². The molecule has 0 radical (unpaired) electrons. The van der Waals surface area contributed by atoms with Crippen molar-refractivity contribution >= 4 is 23.9 Å². The molecule has 25 heavy (non-hydrogen) atoms. The predicted octanol–water partition coefficient (Wildman–Crippen LogP) is 2.15. The normalized spacial score (nSPS) is 14.0. The first-order valence-corrected chi connectivity index (χ1v) is 7.37. The van der Waals surface area contributed by atoms with Crippen molar-refractivity contribution in [2.45, 2.75) is 6.61 Å². The molecule has 2 aromatic rings. The summed E-state index contributed by atoms with van der Waals surface area (Å²) >= 11 is 0. The number of hydrogen-bond donors (Lipinski definition) is 2. The number of benzene rings is 2. The third kappa shape index (κ3) is 4.08. The SMILES string of the molecule is O=C1NC(=O)C(=Cc2cccc(OCc3ccc(F)cc3)c2)C(=O)N1. The zero-order valence-electron chi connectivity index (χ0n) is 12.9. The molecule has 4 amide bonds. The number of halogens is 1. The van der Waals surface area contributed by atoms with Crippen LogP contribution < -0.4 is 15.4 Å². The fourth-order valence-electron chi connectivity index (χ4n) is 2.21. The van der Waals surface area contributed by atoms with Crippen molar-refractivity contribution in [1.82, 2.24) is 10.6 Å². The minimum atomic E-state index is -0.844. The largest absolute Gasteiger partial charge is 0.489 e. The van der Waals surface area contributed by atoms with Crippen LogP contribution in [0, 0.1) is 5.82 Å². The Bertz CT molecular complexity index is 853. The Balaban J connectivity index is 1.74. The van der Waals surface area contributed by atoms with Gasteiger partial charge in [0.05, 0.1) is 0 Å². The smallest absolute Gasteiger partial charge is 0.328 e. The Labute approximate surface area is 142 Å². The number of carbonyl (C=O) groups excluding carboxylic acids is 3. The van der Waals surface area contributed by atoms with E-state index >= 15 is 0 Å². The van der Waals surface area contributed by atoms with Crippen molar-refractivity contribution in [3.8, 4) is 5.75 Å². The lowest BCUT2D eigenvalue weighted by molar-refractivity contribution is -0.123. The molecule has 0 saturated carbocycles. The number of carbonyl (C=O) groups is 3. The molecule has 0 aliphatic carbocycles. The summed E-state index contributed by atoms with van der Waals surface area (Å²) in [5, 5.41) is 4.01. The molecule has 7 heteroatoms. The average Bonchev–Trinajstić information content (AvgIpc) is 2.58. The number of imide groups is 2. The van der Waals surface area contributed by atoms with Crippen LogP contribution in [0.5, 0.6) is 5.75 Å². The molecule has 1 aliphatic rings. The van der Waals surface area contributed by atoms with E-state index in [-0.39, 0.29) is 18.0 Å². The van der Waals surface area contributed by atoms with Crippen molar-refractivity contribution in [1.29, 1.82) is 0 Å². The second-order valence-electron chi connectivity index (χ2n) is 5.28. The predicted molar refractivity (Wildman–Crippen MR) is 86.8 cm³/mol. The van der Waals surface area contributed by atoms with Crippen molar-refractivity contribution in [2.24, 2.45) is 0 Å². The molecule has 1 heterocycles. The number of rotatable bonds is 4. The summed E-state index contributed by atoms with van der Waals surface area (Å²) < 4.78 is 18.5. The molecular formula is C18H13FN2O4. The van der Waals surface area contributed by atoms with Crippen LogP contribution in [0.1, 0.15) is 11.1 Å². The van der Waals surface area contributed by atoms with E-state index in [2.05, 4.69) is 0 Å². The van der Waals surface area contributed by atoms with E-state index in [1.54, 1.807) is 36.4 Å². The maximum Gasteiger partial charge on any atom is 0.328 e. The van der Waals surface area contributed by atoms with Gasteiger partial charge in [0.15, 0.2) is 0 Å². The first kappa shape index (κ1) is 16.4. The van der Waals surface area contributed by atoms with Crippen LogP contribution in [0.25, 0.3) is 6.08 Å². The van der Waals surface area contributed by atoms with Gasteiger partial charge in [-0.05, 0) is 41.5 Å². The van der Waals surface area contributed by atoms with E-state index in [1.165, 1.54) is 18.2 Å². The zero-order valence-corrected chi connectivity index (χ0v) is 12.9. The van der Waals surface area contributed by atoms with Crippen molar-refractivity contribution in [3.05, 3.63) is 71.0 Å². The molecular weight excluding hydrogens is 327 g/mol. The Morgan fingerprint density at radius 2 is 1.64 bits per heavy atom. The van der Waals surface area contributed by atoms with Gasteiger partial charge < -0.3 is 4.74 Å². The lowest BCUT2D eigenvalue weighted by Gasteiger charge is -2.14. The highest BCUT2D eigenvalue weighted by Gasteiger charge is 2.27. The van der Waals surface area contributed by atoms with Crippen LogP contribution in [0.15, 0.2) is 54.1 Å². The maximum atomic E-state index is 12.9. The number of barbiturate groups is 1. The van der Waals surface area contributed by atoms with Gasteiger partial charge in [-0.2, -0.15) is 0 Å². The summed E-state index contributed by atoms with van der Waals surface area (Å²) in [6.45, 7) is 0.246. The van der Waals surface area contributed by atoms with E-state index in [4.69, 9.17) is 4.74 Å². The van der Waals surface area contributed by atoms with Crippen LogP contribution in [0.2, 0.25) is 0 Å². The molecule has 3 rings (SSSR count). The van der Waals surface area contributed by atoms with Crippen LogP contribution in [0.3, 0.4) is 0 Å². The molecule has 2 aromatic carbocycles. The second-order valence-corrected chi connectivity index (χ2v) is 5.28. The summed E-state index contributed by atoms with van der Waals surface area (Å²) in [5.41, 5.74) is 1.19. The summed E-state index contributed by atoms with van der Waals surface area (Å²) in [7, 11) is 0. The van der Waals surface area contributed by atoms with Gasteiger partial charge in [0.2, 0.25) is 0 Å². The van der Waals surface area contributed by atoms with Crippen molar-refractivity contribution < 1.29 is 23.5 Å². The third-order valence-corrected chi connectivity index (χ3v) is 3.43. The highest BCUT2D eigenvalue weighted by atomic mass is 19.1. The quantitative estimate of drug-likeness (QED) is 0.660. The lowest BCUT2D eigenvalue weighted by Crippen LogP contribution is -2.51. The summed E-state index contributed by atoms with van der Waals surface area (Å²) in [4.78, 5) is 34.5. The van der Waals surface area contributed by atoms with Crippen LogP contribution in [-0.2, 0) is 16.2 Å². The van der Waals surface area contributed by atoms with E-state index in [0.717, 1.165) is 5.56 Å². The summed E-state index contributed by atoms with van der Waals surface area (Å²) in [5.74, 6) is -1.32. The highest BCUT2D eigenvalue weighted by molar-refractivity contribution is 6.31. The van der Waals surface area contributed by atoms with Gasteiger partial charge in [-0.3, -0.25) is 20.2 Å². The third-order valence-electron chi connectivity index (χ3n) is 3.43. The molecule has 6 nitrogen and oxygen atoms in total. The minimum Gasteiger partial charge on any atom is -0.489 e. The second kappa shape index (κ2) is 6.96. The highest BCUT2D eigenvalue weighted by Crippen LogP contribution is 2.18. The first-order chi connectivity index (χ1) is 12.0. The van der Waals surface area contributed by atoms with Crippen molar-refractivity contribution in [2.75, 3.05) is 0 Å². The van der Waals surface area contributed by atoms with E-state index in [9.17, 15) is 18.8 Å². The molecule has 1 saturated heterocycles. The van der Waals surface area contributed by atoms with Crippen LogP contribution in [0.4, 0.5) is 9.18 Å². The number of urea groups is 1. The molecule has 0 spiro atoms. The molecule has 0 bridgehead atoms. The average molecular weight is 340 g/mol. The number of amides is 4. The van der Waals surface area contributed by atoms with E-state index < -0.39 is 17.8 Å². The Hall–Kier alpha value is -3.48. The summed E-state index contributed by atoms with van der Waals surface area (Å²) in [6, 6.07) is 11.9. The number of hydrogen-bond acceptors (Lipinski definition) is 4. The Morgan fingerprint density at radius 1 is 0.960 bits per heavy atom. The molecule has 1 aliphatic heterocycles. The molecule has 126 valence electrons. The van der Waals surface area contributed by atoms with Gasteiger partial charge in [0.25, 0.3) is 11.8 Å². The molecule has 0 atom stereocenters. The van der Waals surface area contributed by atoms with Gasteiger partial charge in [-0.15, -0.1) is 0 Å². The van der Waals surface area contributed by atoms with Crippen molar-refractivity contribution in [3.63, 3.8) is 0 Å². The van der Waals surface area contributed by atoms with Crippen LogP contribution >= 0.6 is 0 Å². The monoisotopic (exact) mass is 340 g/mol. The molecule has 0 aromatic heterocycles. The number of nitrogens with one attached hydrogen (secondary N) is 2. The van der Waals surface area contributed by atoms with Gasteiger partial charge in [-0.25, -0.2) is 9.18 Å². The Morgan fingerprint density at radius 3 is 2.32 bits per heavy atom. The van der Waals surface area contributed by atoms with E-state index in [0.29, 0.717) is 11.3 Å². The summed E-state index contributed by atoms with van der Waals surface area (Å²) in [6.07, 6.45) is 1.36. The molecule has 2 N–H and O–H groups in total. The zero-order chi connectivity index (χ0) is 17.8. The van der Waals surface area contributed by atoms with Gasteiger partial charge in [0.1, 0.15) is 23.7 Å². The molecule has 1 fully saturated rings. The van der Waals surface area contributed by atoms with Crippen LogP contribution in [-0.4, -0.2) is 17.8 Å². The topological polar surface area (TPSA) is 84.5 Å². The first-order valence-electron chi connectivity index (χ1n) is 7.37.